The van der Waals surface area contributed by atoms with Crippen LogP contribution in [-0.2, 0) is 0 Å². The summed E-state index contributed by atoms with van der Waals surface area (Å²) in [5.74, 6) is -1.09. The van der Waals surface area contributed by atoms with Gasteiger partial charge in [0.1, 0.15) is 11.9 Å². The van der Waals surface area contributed by atoms with Crippen molar-refractivity contribution in [3.05, 3.63) is 81.9 Å². The lowest BCUT2D eigenvalue weighted by atomic mass is 9.96. The Balaban J connectivity index is 2.17. The zero-order chi connectivity index (χ0) is 17.3. The van der Waals surface area contributed by atoms with Crippen molar-refractivity contribution in [1.82, 2.24) is 4.98 Å². The van der Waals surface area contributed by atoms with Crippen LogP contribution in [-0.4, -0.2) is 10.8 Å². The second kappa shape index (κ2) is 6.31. The number of carbonyl (C=O) groups is 1. The number of hydrogen-bond acceptors (Lipinski definition) is 2. The summed E-state index contributed by atoms with van der Waals surface area (Å²) in [5.41, 5.74) is 2.57. The molecule has 0 atom stereocenters. The third kappa shape index (κ3) is 2.60. The molecule has 2 aromatic carbocycles. The smallest absolute Gasteiger partial charge is 0.197 e. The number of aromatic nitrogens is 1. The van der Waals surface area contributed by atoms with E-state index in [2.05, 4.69) is 11.1 Å². The van der Waals surface area contributed by atoms with E-state index in [9.17, 15) is 14.4 Å². The first-order valence-electron chi connectivity index (χ1n) is 7.20. The number of hydrogen-bond donors (Lipinski definition) is 1. The van der Waals surface area contributed by atoms with Crippen molar-refractivity contribution in [2.45, 2.75) is 6.92 Å². The number of nitrogens with one attached hydrogen (secondary N) is 1. The Morgan fingerprint density at radius 2 is 1.88 bits per heavy atom. The molecule has 0 fully saturated rings. The minimum atomic E-state index is -0.598. The van der Waals surface area contributed by atoms with Crippen molar-refractivity contribution in [2.24, 2.45) is 0 Å². The van der Waals surface area contributed by atoms with Gasteiger partial charge in [-0.05, 0) is 25.1 Å². The van der Waals surface area contributed by atoms with E-state index in [0.717, 1.165) is 5.69 Å². The third-order valence-electron chi connectivity index (χ3n) is 3.83. The zero-order valence-corrected chi connectivity index (χ0v) is 13.5. The molecule has 0 radical (unpaired) electrons. The van der Waals surface area contributed by atoms with Crippen LogP contribution in [0.2, 0.25) is 5.02 Å². The molecule has 0 bridgehead atoms. The van der Waals surface area contributed by atoms with Gasteiger partial charge < -0.3 is 4.98 Å². The van der Waals surface area contributed by atoms with Crippen LogP contribution < -0.4 is 0 Å². The van der Waals surface area contributed by atoms with Gasteiger partial charge in [0.2, 0.25) is 0 Å². The Bertz CT molecular complexity index is 985. The molecule has 0 aliphatic heterocycles. The molecule has 3 nitrogen and oxygen atoms in total. The molecule has 1 N–H and O–H groups in total. The summed E-state index contributed by atoms with van der Waals surface area (Å²) < 4.78 is 13.9. The number of nitrogens with zero attached hydrogens (tertiary/aromatic N) is 1. The van der Waals surface area contributed by atoms with E-state index in [0.29, 0.717) is 16.7 Å². The number of aromatic amines is 1. The minimum Gasteiger partial charge on any atom is -0.363 e. The van der Waals surface area contributed by atoms with Crippen LogP contribution in [0.1, 0.15) is 27.2 Å². The summed E-state index contributed by atoms with van der Waals surface area (Å²) in [6.07, 6.45) is 1.59. The van der Waals surface area contributed by atoms with Crippen molar-refractivity contribution in [1.29, 1.82) is 5.26 Å². The Kier molecular flexibility index (Phi) is 4.20. The highest BCUT2D eigenvalue weighted by atomic mass is 35.5. The van der Waals surface area contributed by atoms with Gasteiger partial charge >= 0.3 is 0 Å². The normalized spacial score (nSPS) is 10.4. The molecule has 1 aromatic heterocycles. The molecule has 0 aliphatic carbocycles. The first-order chi connectivity index (χ1) is 11.5. The van der Waals surface area contributed by atoms with Gasteiger partial charge in [0.05, 0.1) is 16.1 Å². The van der Waals surface area contributed by atoms with E-state index in [1.54, 1.807) is 30.5 Å². The van der Waals surface area contributed by atoms with Crippen LogP contribution in [0.15, 0.2) is 48.7 Å². The summed E-state index contributed by atoms with van der Waals surface area (Å²) in [4.78, 5) is 15.6. The summed E-state index contributed by atoms with van der Waals surface area (Å²) >= 11 is 6.43. The second-order valence-corrected chi connectivity index (χ2v) is 5.67. The van der Waals surface area contributed by atoms with E-state index in [1.807, 2.05) is 6.92 Å². The number of aryl methyl sites for hydroxylation is 1. The topological polar surface area (TPSA) is 56.6 Å². The van der Waals surface area contributed by atoms with Crippen molar-refractivity contribution in [3.63, 3.8) is 0 Å². The zero-order valence-electron chi connectivity index (χ0n) is 12.7. The molecular formula is C19H12ClFN2O. The van der Waals surface area contributed by atoms with Crippen LogP contribution in [0.5, 0.6) is 0 Å². The predicted octanol–water partition coefficient (Wildman–Crippen LogP) is 4.89. The van der Waals surface area contributed by atoms with Gasteiger partial charge in [0.25, 0.3) is 0 Å². The highest BCUT2D eigenvalue weighted by Gasteiger charge is 2.21. The van der Waals surface area contributed by atoms with Crippen molar-refractivity contribution in [2.75, 3.05) is 0 Å². The molecule has 0 saturated heterocycles. The highest BCUT2D eigenvalue weighted by Crippen LogP contribution is 2.35. The molecule has 3 aromatic rings. The number of H-pyrrole nitrogens is 1. The van der Waals surface area contributed by atoms with Crippen LogP contribution in [0.4, 0.5) is 4.39 Å². The molecule has 0 saturated carbocycles. The first kappa shape index (κ1) is 16.0. The van der Waals surface area contributed by atoms with Gasteiger partial charge in [0.15, 0.2) is 5.78 Å². The molecule has 0 amide bonds. The monoisotopic (exact) mass is 338 g/mol. The van der Waals surface area contributed by atoms with Gasteiger partial charge in [-0.1, -0.05) is 35.9 Å². The molecule has 0 unspecified atom stereocenters. The highest BCUT2D eigenvalue weighted by molar-refractivity contribution is 6.37. The van der Waals surface area contributed by atoms with E-state index in [4.69, 9.17) is 11.6 Å². The predicted molar refractivity (Wildman–Crippen MR) is 90.5 cm³/mol. The van der Waals surface area contributed by atoms with Crippen molar-refractivity contribution >= 4 is 17.4 Å². The third-order valence-corrected chi connectivity index (χ3v) is 4.24. The van der Waals surface area contributed by atoms with Gasteiger partial charge in [-0.15, -0.1) is 0 Å². The van der Waals surface area contributed by atoms with Crippen LogP contribution >= 0.6 is 11.6 Å². The lowest BCUT2D eigenvalue weighted by Gasteiger charge is -2.10. The Labute approximate surface area is 143 Å². The number of ketones is 1. The van der Waals surface area contributed by atoms with Gasteiger partial charge in [-0.2, -0.15) is 5.26 Å². The van der Waals surface area contributed by atoms with E-state index < -0.39 is 11.6 Å². The Morgan fingerprint density at radius 3 is 2.58 bits per heavy atom. The van der Waals surface area contributed by atoms with Gasteiger partial charge in [-0.3, -0.25) is 4.79 Å². The molecule has 3 rings (SSSR count). The standard InChI is InChI=1S/C19H12ClFN2O/c1-11-17(12(9-22)10-23-11)14-6-4-7-15(18(14)20)19(24)13-5-2-3-8-16(13)21/h2-8,10,23H,1H3. The maximum Gasteiger partial charge on any atom is 0.197 e. The summed E-state index contributed by atoms with van der Waals surface area (Å²) in [6, 6.07) is 12.8. The average molecular weight is 339 g/mol. The maximum atomic E-state index is 13.9. The maximum absolute atomic E-state index is 13.9. The summed E-state index contributed by atoms with van der Waals surface area (Å²) in [5, 5.41) is 9.45. The number of benzene rings is 2. The van der Waals surface area contributed by atoms with E-state index in [1.165, 1.54) is 18.2 Å². The molecule has 5 heteroatoms. The molecule has 118 valence electrons. The number of nitriles is 1. The fourth-order valence-electron chi connectivity index (χ4n) is 2.65. The quantitative estimate of drug-likeness (QED) is 0.691. The van der Waals surface area contributed by atoms with Crippen molar-refractivity contribution < 1.29 is 9.18 Å². The van der Waals surface area contributed by atoms with Crippen LogP contribution in [0.3, 0.4) is 0 Å². The molecule has 0 spiro atoms. The molecular weight excluding hydrogens is 327 g/mol. The van der Waals surface area contributed by atoms with E-state index in [-0.39, 0.29) is 16.1 Å². The number of halogens is 2. The SMILES string of the molecule is Cc1[nH]cc(C#N)c1-c1cccc(C(=O)c2ccccc2F)c1Cl. The molecule has 0 aliphatic rings. The summed E-state index contributed by atoms with van der Waals surface area (Å²) in [6.45, 7) is 1.82. The average Bonchev–Trinajstić information content (AvgIpc) is 2.95. The van der Waals surface area contributed by atoms with Gasteiger partial charge in [-0.25, -0.2) is 4.39 Å². The Morgan fingerprint density at radius 1 is 1.17 bits per heavy atom. The summed E-state index contributed by atoms with van der Waals surface area (Å²) in [7, 11) is 0. The number of rotatable bonds is 3. The Hall–Kier alpha value is -2.90. The van der Waals surface area contributed by atoms with Crippen LogP contribution in [0.25, 0.3) is 11.1 Å². The lowest BCUT2D eigenvalue weighted by molar-refractivity contribution is 0.103. The second-order valence-electron chi connectivity index (χ2n) is 5.29. The van der Waals surface area contributed by atoms with Crippen LogP contribution in [0, 0.1) is 24.1 Å². The molecule has 1 heterocycles. The lowest BCUT2D eigenvalue weighted by Crippen LogP contribution is -2.05. The fourth-order valence-corrected chi connectivity index (χ4v) is 2.96. The van der Waals surface area contributed by atoms with Crippen molar-refractivity contribution in [3.8, 4) is 17.2 Å². The molecule has 24 heavy (non-hydrogen) atoms. The van der Waals surface area contributed by atoms with E-state index >= 15 is 0 Å². The minimum absolute atomic E-state index is 0.0390. The number of carbonyl (C=O) groups excluding carboxylic acids is 1. The van der Waals surface area contributed by atoms with Gasteiger partial charge in [0, 0.05) is 28.6 Å². The first-order valence-corrected chi connectivity index (χ1v) is 7.58. The fraction of sp³-hybridized carbons (Fsp3) is 0.0526. The largest absolute Gasteiger partial charge is 0.363 e.